The van der Waals surface area contributed by atoms with Gasteiger partial charge in [-0.25, -0.2) is 0 Å². The van der Waals surface area contributed by atoms with Crippen LogP contribution >= 0.6 is 0 Å². The molecule has 1 aromatic carbocycles. The monoisotopic (exact) mass is 235 g/mol. The molecule has 0 radical (unpaired) electrons. The molecule has 0 heterocycles. The van der Waals surface area contributed by atoms with Gasteiger partial charge in [0.1, 0.15) is 5.75 Å². The van der Waals surface area contributed by atoms with Gasteiger partial charge in [0.15, 0.2) is 0 Å². The lowest BCUT2D eigenvalue weighted by Gasteiger charge is -2.14. The van der Waals surface area contributed by atoms with Gasteiger partial charge >= 0.3 is 0 Å². The van der Waals surface area contributed by atoms with Crippen LogP contribution in [0.4, 0.5) is 0 Å². The van der Waals surface area contributed by atoms with Crippen molar-refractivity contribution in [3.8, 4) is 5.75 Å². The molecule has 1 aromatic rings. The highest BCUT2D eigenvalue weighted by Crippen LogP contribution is 2.26. The zero-order chi connectivity index (χ0) is 12.8. The van der Waals surface area contributed by atoms with E-state index in [4.69, 9.17) is 4.74 Å². The Morgan fingerprint density at radius 1 is 1.24 bits per heavy atom. The minimum Gasteiger partial charge on any atom is -0.496 e. The van der Waals surface area contributed by atoms with Crippen molar-refractivity contribution in [1.82, 2.24) is 5.32 Å². The Morgan fingerprint density at radius 2 is 1.94 bits per heavy atom. The predicted molar refractivity (Wildman–Crippen MR) is 73.9 cm³/mol. The molecular formula is C15H25NO. The first kappa shape index (κ1) is 14.0. The normalized spacial score (nSPS) is 10.9. The van der Waals surface area contributed by atoms with Crippen molar-refractivity contribution in [2.75, 3.05) is 20.2 Å². The summed E-state index contributed by atoms with van der Waals surface area (Å²) in [5, 5.41) is 3.46. The molecule has 0 aromatic heterocycles. The van der Waals surface area contributed by atoms with Gasteiger partial charge < -0.3 is 10.1 Å². The molecule has 0 aliphatic heterocycles. The second-order valence-electron chi connectivity index (χ2n) is 5.05. The van der Waals surface area contributed by atoms with E-state index in [1.54, 1.807) is 7.11 Å². The van der Waals surface area contributed by atoms with Crippen molar-refractivity contribution in [2.24, 2.45) is 5.92 Å². The van der Waals surface area contributed by atoms with Crippen LogP contribution in [0.15, 0.2) is 12.1 Å². The van der Waals surface area contributed by atoms with Gasteiger partial charge in [-0.3, -0.25) is 0 Å². The first-order chi connectivity index (χ1) is 8.06. The summed E-state index contributed by atoms with van der Waals surface area (Å²) in [7, 11) is 1.76. The van der Waals surface area contributed by atoms with Crippen LogP contribution in [0.3, 0.4) is 0 Å². The summed E-state index contributed by atoms with van der Waals surface area (Å²) < 4.78 is 5.51. The van der Waals surface area contributed by atoms with Gasteiger partial charge in [-0.05, 0) is 56.0 Å². The van der Waals surface area contributed by atoms with Gasteiger partial charge in [-0.1, -0.05) is 26.0 Å². The molecule has 0 fully saturated rings. The smallest absolute Gasteiger partial charge is 0.125 e. The van der Waals surface area contributed by atoms with Gasteiger partial charge in [-0.2, -0.15) is 0 Å². The van der Waals surface area contributed by atoms with Crippen molar-refractivity contribution in [2.45, 2.75) is 34.1 Å². The molecule has 96 valence electrons. The average Bonchev–Trinajstić information content (AvgIpc) is 2.29. The Morgan fingerprint density at radius 3 is 2.53 bits per heavy atom. The lowest BCUT2D eigenvalue weighted by Crippen LogP contribution is -2.22. The quantitative estimate of drug-likeness (QED) is 0.765. The minimum absolute atomic E-state index is 0.705. The first-order valence-corrected chi connectivity index (χ1v) is 6.40. The Kier molecular flexibility index (Phi) is 5.49. The summed E-state index contributed by atoms with van der Waals surface area (Å²) in [5.74, 6) is 1.76. The Bertz CT molecular complexity index is 358. The van der Waals surface area contributed by atoms with Gasteiger partial charge in [0, 0.05) is 0 Å². The molecule has 1 N–H and O–H groups in total. The van der Waals surface area contributed by atoms with Crippen LogP contribution in [0.5, 0.6) is 5.75 Å². The van der Waals surface area contributed by atoms with Gasteiger partial charge in [0.25, 0.3) is 0 Å². The lowest BCUT2D eigenvalue weighted by molar-refractivity contribution is 0.405. The largest absolute Gasteiger partial charge is 0.496 e. The molecule has 0 aliphatic carbocycles. The van der Waals surface area contributed by atoms with Gasteiger partial charge in [-0.15, -0.1) is 0 Å². The van der Waals surface area contributed by atoms with E-state index in [2.05, 4.69) is 45.1 Å². The third-order valence-corrected chi connectivity index (χ3v) is 3.09. The molecule has 1 rings (SSSR count). The number of ether oxygens (including phenoxy) is 1. The van der Waals surface area contributed by atoms with E-state index in [0.29, 0.717) is 5.92 Å². The summed E-state index contributed by atoms with van der Waals surface area (Å²) in [6.07, 6.45) is 1.02. The molecule has 0 saturated carbocycles. The fourth-order valence-electron chi connectivity index (χ4n) is 1.94. The maximum Gasteiger partial charge on any atom is 0.125 e. The number of rotatable bonds is 6. The molecule has 2 nitrogen and oxygen atoms in total. The second kappa shape index (κ2) is 6.65. The maximum absolute atomic E-state index is 5.51. The topological polar surface area (TPSA) is 21.3 Å². The molecule has 2 heteroatoms. The Balaban J connectivity index is 2.62. The van der Waals surface area contributed by atoms with Crippen molar-refractivity contribution in [1.29, 1.82) is 0 Å². The van der Waals surface area contributed by atoms with Crippen LogP contribution in [0.1, 0.15) is 30.5 Å². The first-order valence-electron chi connectivity index (χ1n) is 6.40. The number of methoxy groups -OCH3 is 1. The van der Waals surface area contributed by atoms with Crippen LogP contribution in [-0.2, 0) is 6.42 Å². The third-order valence-electron chi connectivity index (χ3n) is 3.09. The van der Waals surface area contributed by atoms with E-state index in [0.717, 1.165) is 25.3 Å². The van der Waals surface area contributed by atoms with Crippen LogP contribution < -0.4 is 10.1 Å². The number of benzene rings is 1. The van der Waals surface area contributed by atoms with Crippen LogP contribution in [0.2, 0.25) is 0 Å². The molecular weight excluding hydrogens is 210 g/mol. The van der Waals surface area contributed by atoms with Crippen LogP contribution in [0.25, 0.3) is 0 Å². The number of nitrogens with one attached hydrogen (secondary N) is 1. The Hall–Kier alpha value is -1.02. The summed E-state index contributed by atoms with van der Waals surface area (Å²) in [6.45, 7) is 10.8. The molecule has 0 saturated heterocycles. The molecule has 0 bridgehead atoms. The zero-order valence-corrected chi connectivity index (χ0v) is 11.8. The van der Waals surface area contributed by atoms with E-state index in [1.807, 2.05) is 0 Å². The Labute approximate surface area is 105 Å². The fraction of sp³-hybridized carbons (Fsp3) is 0.600. The minimum atomic E-state index is 0.705. The fourth-order valence-corrected chi connectivity index (χ4v) is 1.94. The van der Waals surface area contributed by atoms with E-state index in [-0.39, 0.29) is 0 Å². The number of hydrogen-bond acceptors (Lipinski definition) is 2. The van der Waals surface area contributed by atoms with Crippen LogP contribution in [0, 0.1) is 19.8 Å². The molecule has 0 spiro atoms. The average molecular weight is 235 g/mol. The van der Waals surface area contributed by atoms with Crippen molar-refractivity contribution in [3.05, 3.63) is 28.8 Å². The molecule has 0 unspecified atom stereocenters. The number of aryl methyl sites for hydroxylation is 1. The molecule has 17 heavy (non-hydrogen) atoms. The second-order valence-corrected chi connectivity index (χ2v) is 5.05. The SMILES string of the molecule is COc1c(CCNCC(C)C)ccc(C)c1C. The van der Waals surface area contributed by atoms with Gasteiger partial charge in [0.2, 0.25) is 0 Å². The van der Waals surface area contributed by atoms with E-state index in [1.165, 1.54) is 16.7 Å². The standard InChI is InChI=1S/C15H25NO/c1-11(2)10-16-9-8-14-7-6-12(3)13(4)15(14)17-5/h6-7,11,16H,8-10H2,1-5H3. The van der Waals surface area contributed by atoms with E-state index < -0.39 is 0 Å². The molecule has 0 aliphatic rings. The third kappa shape index (κ3) is 4.04. The van der Waals surface area contributed by atoms with Gasteiger partial charge in [0.05, 0.1) is 7.11 Å². The lowest BCUT2D eigenvalue weighted by atomic mass is 10.0. The van der Waals surface area contributed by atoms with E-state index in [9.17, 15) is 0 Å². The summed E-state index contributed by atoms with van der Waals surface area (Å²) >= 11 is 0. The van der Waals surface area contributed by atoms with Crippen molar-refractivity contribution >= 4 is 0 Å². The predicted octanol–water partition coefficient (Wildman–Crippen LogP) is 3.10. The summed E-state index contributed by atoms with van der Waals surface area (Å²) in [5.41, 5.74) is 3.85. The highest BCUT2D eigenvalue weighted by Gasteiger charge is 2.07. The molecule has 0 atom stereocenters. The highest BCUT2D eigenvalue weighted by atomic mass is 16.5. The molecule has 0 amide bonds. The number of hydrogen-bond donors (Lipinski definition) is 1. The van der Waals surface area contributed by atoms with E-state index >= 15 is 0 Å². The highest BCUT2D eigenvalue weighted by molar-refractivity contribution is 5.45. The van der Waals surface area contributed by atoms with Crippen molar-refractivity contribution in [3.63, 3.8) is 0 Å². The maximum atomic E-state index is 5.51. The van der Waals surface area contributed by atoms with Crippen molar-refractivity contribution < 1.29 is 4.74 Å². The zero-order valence-electron chi connectivity index (χ0n) is 11.8. The summed E-state index contributed by atoms with van der Waals surface area (Å²) in [6, 6.07) is 4.36. The summed E-state index contributed by atoms with van der Waals surface area (Å²) in [4.78, 5) is 0. The van der Waals surface area contributed by atoms with Crippen LogP contribution in [-0.4, -0.2) is 20.2 Å².